The van der Waals surface area contributed by atoms with Crippen LogP contribution >= 0.6 is 0 Å². The van der Waals surface area contributed by atoms with E-state index in [4.69, 9.17) is 0 Å². The summed E-state index contributed by atoms with van der Waals surface area (Å²) in [5, 5.41) is 8.08. The van der Waals surface area contributed by atoms with Gasteiger partial charge in [0.2, 0.25) is 0 Å². The summed E-state index contributed by atoms with van der Waals surface area (Å²) >= 11 is 0. The molecule has 0 spiro atoms. The lowest BCUT2D eigenvalue weighted by atomic mass is 9.63. The third-order valence-corrected chi connectivity index (χ3v) is 4.34. The second-order valence-electron chi connectivity index (χ2n) is 7.88. The molecular weight excluding hydrogens is 234 g/mol. The van der Waals surface area contributed by atoms with Crippen LogP contribution in [0.15, 0.2) is 12.3 Å². The fourth-order valence-electron chi connectivity index (χ4n) is 4.21. The lowest BCUT2D eigenvalue weighted by Gasteiger charge is -2.46. The highest BCUT2D eigenvalue weighted by Crippen LogP contribution is 2.46. The lowest BCUT2D eigenvalue weighted by Crippen LogP contribution is -2.44. The summed E-state index contributed by atoms with van der Waals surface area (Å²) in [6.07, 6.45) is 5.72. The molecule has 108 valence electrons. The van der Waals surface area contributed by atoms with E-state index in [-0.39, 0.29) is 0 Å². The summed E-state index contributed by atoms with van der Waals surface area (Å²) in [5.74, 6) is 0. The smallest absolute Gasteiger partial charge is 0.0547 e. The maximum absolute atomic E-state index is 4.26. The number of rotatable bonds is 3. The van der Waals surface area contributed by atoms with Gasteiger partial charge < -0.3 is 5.32 Å². The number of aromatic nitrogens is 2. The molecule has 1 heterocycles. The van der Waals surface area contributed by atoms with Gasteiger partial charge in [0.15, 0.2) is 0 Å². The van der Waals surface area contributed by atoms with E-state index in [0.29, 0.717) is 22.9 Å². The van der Waals surface area contributed by atoms with Crippen LogP contribution < -0.4 is 5.32 Å². The molecule has 0 aromatic carbocycles. The van der Waals surface area contributed by atoms with E-state index < -0.39 is 0 Å². The molecule has 1 atom stereocenters. The standard InChI is InChI=1S/C16H29N3/c1-12(14-7-8-17-19(14)6)18-13-9-15(2,3)11-16(4,5)10-13/h7-8,12-13,18H,9-11H2,1-6H3. The van der Waals surface area contributed by atoms with Gasteiger partial charge in [0.1, 0.15) is 0 Å². The van der Waals surface area contributed by atoms with Gasteiger partial charge in [-0.1, -0.05) is 27.7 Å². The zero-order valence-corrected chi connectivity index (χ0v) is 13.3. The van der Waals surface area contributed by atoms with Crippen molar-refractivity contribution in [3.8, 4) is 0 Å². The quantitative estimate of drug-likeness (QED) is 0.901. The van der Waals surface area contributed by atoms with Crippen LogP contribution in [0.5, 0.6) is 0 Å². The molecule has 1 saturated carbocycles. The van der Waals surface area contributed by atoms with E-state index in [9.17, 15) is 0 Å². The SMILES string of the molecule is CC(NC1CC(C)(C)CC(C)(C)C1)c1ccnn1C. The Labute approximate surface area is 117 Å². The highest BCUT2D eigenvalue weighted by Gasteiger charge is 2.38. The molecule has 1 aromatic heterocycles. The van der Waals surface area contributed by atoms with E-state index in [1.165, 1.54) is 25.0 Å². The van der Waals surface area contributed by atoms with Crippen LogP contribution in [0.2, 0.25) is 0 Å². The minimum absolute atomic E-state index is 0.363. The molecule has 0 saturated heterocycles. The van der Waals surface area contributed by atoms with Gasteiger partial charge in [0.25, 0.3) is 0 Å². The van der Waals surface area contributed by atoms with Crippen LogP contribution in [-0.2, 0) is 7.05 Å². The van der Waals surface area contributed by atoms with Crippen molar-refractivity contribution in [1.82, 2.24) is 15.1 Å². The number of nitrogens with one attached hydrogen (secondary N) is 1. The molecular formula is C16H29N3. The van der Waals surface area contributed by atoms with Gasteiger partial charge in [-0.2, -0.15) is 5.10 Å². The molecule has 0 amide bonds. The van der Waals surface area contributed by atoms with Crippen LogP contribution in [0.4, 0.5) is 0 Å². The first-order chi connectivity index (χ1) is 8.69. The summed E-state index contributed by atoms with van der Waals surface area (Å²) in [7, 11) is 2.02. The molecule has 0 aliphatic heterocycles. The maximum atomic E-state index is 4.26. The van der Waals surface area contributed by atoms with Gasteiger partial charge in [-0.3, -0.25) is 4.68 Å². The summed E-state index contributed by atoms with van der Waals surface area (Å²) < 4.78 is 1.97. The number of hydrogen-bond acceptors (Lipinski definition) is 2. The number of aryl methyl sites for hydroxylation is 1. The van der Waals surface area contributed by atoms with Gasteiger partial charge in [-0.05, 0) is 43.1 Å². The zero-order valence-electron chi connectivity index (χ0n) is 13.3. The molecule has 3 heteroatoms. The van der Waals surface area contributed by atoms with Crippen molar-refractivity contribution in [3.05, 3.63) is 18.0 Å². The van der Waals surface area contributed by atoms with E-state index in [0.717, 1.165) is 0 Å². The average Bonchev–Trinajstić information content (AvgIpc) is 2.58. The Bertz CT molecular complexity index is 415. The fraction of sp³-hybridized carbons (Fsp3) is 0.812. The Kier molecular flexibility index (Phi) is 3.78. The normalized spacial score (nSPS) is 24.3. The molecule has 3 nitrogen and oxygen atoms in total. The van der Waals surface area contributed by atoms with Crippen molar-refractivity contribution in [2.45, 2.75) is 66.0 Å². The van der Waals surface area contributed by atoms with Crippen molar-refractivity contribution in [1.29, 1.82) is 0 Å². The van der Waals surface area contributed by atoms with Gasteiger partial charge in [0, 0.05) is 25.3 Å². The summed E-state index contributed by atoms with van der Waals surface area (Å²) in [5.41, 5.74) is 2.14. The molecule has 1 N–H and O–H groups in total. The molecule has 19 heavy (non-hydrogen) atoms. The molecule has 1 aliphatic rings. The van der Waals surface area contributed by atoms with Crippen molar-refractivity contribution in [3.63, 3.8) is 0 Å². The van der Waals surface area contributed by atoms with Crippen molar-refractivity contribution < 1.29 is 0 Å². The largest absolute Gasteiger partial charge is 0.306 e. The van der Waals surface area contributed by atoms with E-state index in [1.807, 2.05) is 17.9 Å². The second kappa shape index (κ2) is 4.93. The molecule has 1 aliphatic carbocycles. The van der Waals surface area contributed by atoms with Gasteiger partial charge >= 0.3 is 0 Å². The van der Waals surface area contributed by atoms with Crippen LogP contribution in [-0.4, -0.2) is 15.8 Å². The number of hydrogen-bond donors (Lipinski definition) is 1. The van der Waals surface area contributed by atoms with Crippen molar-refractivity contribution in [2.75, 3.05) is 0 Å². The van der Waals surface area contributed by atoms with Crippen molar-refractivity contribution in [2.24, 2.45) is 17.9 Å². The van der Waals surface area contributed by atoms with Crippen LogP contribution in [0.3, 0.4) is 0 Å². The molecule has 0 radical (unpaired) electrons. The maximum Gasteiger partial charge on any atom is 0.0547 e. The molecule has 1 aromatic rings. The third kappa shape index (κ3) is 3.59. The minimum Gasteiger partial charge on any atom is -0.306 e. The highest BCUT2D eigenvalue weighted by atomic mass is 15.3. The average molecular weight is 263 g/mol. The Hall–Kier alpha value is -0.830. The topological polar surface area (TPSA) is 29.9 Å². The first-order valence-electron chi connectivity index (χ1n) is 7.43. The summed E-state index contributed by atoms with van der Waals surface area (Å²) in [6, 6.07) is 3.07. The van der Waals surface area contributed by atoms with Crippen LogP contribution in [0.1, 0.15) is 65.6 Å². The van der Waals surface area contributed by atoms with Gasteiger partial charge in [-0.25, -0.2) is 0 Å². The minimum atomic E-state index is 0.363. The van der Waals surface area contributed by atoms with Crippen LogP contribution in [0.25, 0.3) is 0 Å². The number of nitrogens with zero attached hydrogens (tertiary/aromatic N) is 2. The Balaban J connectivity index is 2.05. The van der Waals surface area contributed by atoms with Crippen molar-refractivity contribution >= 4 is 0 Å². The molecule has 0 bridgehead atoms. The van der Waals surface area contributed by atoms with Crippen LogP contribution in [0, 0.1) is 10.8 Å². The monoisotopic (exact) mass is 263 g/mol. The molecule has 2 rings (SSSR count). The second-order valence-corrected chi connectivity index (χ2v) is 7.88. The summed E-state index contributed by atoms with van der Waals surface area (Å²) in [6.45, 7) is 11.8. The molecule has 1 unspecified atom stereocenters. The third-order valence-electron chi connectivity index (χ3n) is 4.34. The van der Waals surface area contributed by atoms with Gasteiger partial charge in [0.05, 0.1) is 5.69 Å². The molecule has 1 fully saturated rings. The summed E-state index contributed by atoms with van der Waals surface area (Å²) in [4.78, 5) is 0. The van der Waals surface area contributed by atoms with Gasteiger partial charge in [-0.15, -0.1) is 0 Å². The van der Waals surface area contributed by atoms with E-state index >= 15 is 0 Å². The first kappa shape index (κ1) is 14.6. The van der Waals surface area contributed by atoms with E-state index in [2.05, 4.69) is 51.1 Å². The Morgan fingerprint density at radius 1 is 1.26 bits per heavy atom. The zero-order chi connectivity index (χ0) is 14.3. The fourth-order valence-corrected chi connectivity index (χ4v) is 4.21. The highest BCUT2D eigenvalue weighted by molar-refractivity contribution is 5.06. The predicted octanol–water partition coefficient (Wildman–Crippen LogP) is 3.68. The predicted molar refractivity (Wildman–Crippen MR) is 80.0 cm³/mol. The first-order valence-corrected chi connectivity index (χ1v) is 7.43. The lowest BCUT2D eigenvalue weighted by molar-refractivity contribution is 0.0807. The van der Waals surface area contributed by atoms with E-state index in [1.54, 1.807) is 0 Å². The Morgan fingerprint density at radius 3 is 2.32 bits per heavy atom. The Morgan fingerprint density at radius 2 is 1.84 bits per heavy atom.